The van der Waals surface area contributed by atoms with Gasteiger partial charge in [-0.25, -0.2) is 9.18 Å². The van der Waals surface area contributed by atoms with Crippen LogP contribution < -0.4 is 5.48 Å². The highest BCUT2D eigenvalue weighted by Gasteiger charge is 2.10. The lowest BCUT2D eigenvalue weighted by Crippen LogP contribution is -2.17. The largest absolute Gasteiger partial charge is 0.478 e. The number of carbonyl (C=O) groups is 1. The Bertz CT molecular complexity index is 393. The number of hydrogen-bond acceptors (Lipinski definition) is 3. The van der Waals surface area contributed by atoms with E-state index < -0.39 is 11.8 Å². The van der Waals surface area contributed by atoms with E-state index in [0.717, 1.165) is 0 Å². The Hall–Kier alpha value is -1.46. The molecule has 17 heavy (non-hydrogen) atoms. The van der Waals surface area contributed by atoms with Crippen molar-refractivity contribution in [1.82, 2.24) is 5.48 Å². The van der Waals surface area contributed by atoms with Crippen LogP contribution in [0.1, 0.15) is 29.8 Å². The fourth-order valence-electron chi connectivity index (χ4n) is 1.20. The molecule has 0 aromatic heterocycles. The summed E-state index contributed by atoms with van der Waals surface area (Å²) in [4.78, 5) is 15.7. The second-order valence-electron chi connectivity index (χ2n) is 4.15. The van der Waals surface area contributed by atoms with Gasteiger partial charge in [-0.2, -0.15) is 5.48 Å². The van der Waals surface area contributed by atoms with Crippen molar-refractivity contribution in [3.05, 3.63) is 35.1 Å². The highest BCUT2D eigenvalue weighted by molar-refractivity contribution is 5.87. The molecule has 0 radical (unpaired) electrons. The SMILES string of the molecule is CC(C)CONCc1ccc(C(=O)O)c(F)c1. The molecular weight excluding hydrogens is 225 g/mol. The lowest BCUT2D eigenvalue weighted by molar-refractivity contribution is 0.0196. The van der Waals surface area contributed by atoms with Gasteiger partial charge < -0.3 is 9.94 Å². The molecule has 94 valence electrons. The molecule has 0 aliphatic rings. The van der Waals surface area contributed by atoms with Gasteiger partial charge in [-0.1, -0.05) is 19.9 Å². The van der Waals surface area contributed by atoms with Crippen LogP contribution in [-0.4, -0.2) is 17.7 Å². The molecule has 0 fully saturated rings. The molecule has 4 nitrogen and oxygen atoms in total. The van der Waals surface area contributed by atoms with Gasteiger partial charge in [-0.05, 0) is 23.6 Å². The number of halogens is 1. The Balaban J connectivity index is 2.50. The minimum atomic E-state index is -1.27. The maximum Gasteiger partial charge on any atom is 0.338 e. The third-order valence-corrected chi connectivity index (χ3v) is 2.06. The summed E-state index contributed by atoms with van der Waals surface area (Å²) >= 11 is 0. The molecule has 2 N–H and O–H groups in total. The molecule has 0 saturated heterocycles. The maximum atomic E-state index is 13.3. The molecule has 1 rings (SSSR count). The van der Waals surface area contributed by atoms with Crippen LogP contribution in [0.2, 0.25) is 0 Å². The first kappa shape index (κ1) is 13.6. The molecule has 0 aliphatic heterocycles. The van der Waals surface area contributed by atoms with E-state index in [0.29, 0.717) is 24.6 Å². The second kappa shape index (κ2) is 6.32. The Labute approximate surface area is 99.4 Å². The predicted octanol–water partition coefficient (Wildman–Crippen LogP) is 2.20. The lowest BCUT2D eigenvalue weighted by atomic mass is 10.1. The summed E-state index contributed by atoms with van der Waals surface area (Å²) < 4.78 is 13.3. The van der Waals surface area contributed by atoms with Gasteiger partial charge in [0.25, 0.3) is 0 Å². The quantitative estimate of drug-likeness (QED) is 0.592. The summed E-state index contributed by atoms with van der Waals surface area (Å²) in [5.41, 5.74) is 3.01. The summed E-state index contributed by atoms with van der Waals surface area (Å²) in [5.74, 6) is -1.59. The maximum absolute atomic E-state index is 13.3. The van der Waals surface area contributed by atoms with Crippen LogP contribution in [0.25, 0.3) is 0 Å². The van der Waals surface area contributed by atoms with Crippen LogP contribution in [0.4, 0.5) is 4.39 Å². The molecular formula is C12H16FNO3. The Morgan fingerprint density at radius 3 is 2.76 bits per heavy atom. The van der Waals surface area contributed by atoms with E-state index >= 15 is 0 Å². The van der Waals surface area contributed by atoms with Crippen LogP contribution in [-0.2, 0) is 11.4 Å². The fraction of sp³-hybridized carbons (Fsp3) is 0.417. The lowest BCUT2D eigenvalue weighted by Gasteiger charge is -2.08. The van der Waals surface area contributed by atoms with Gasteiger partial charge in [0.2, 0.25) is 0 Å². The van der Waals surface area contributed by atoms with Crippen molar-refractivity contribution in [2.45, 2.75) is 20.4 Å². The van der Waals surface area contributed by atoms with Gasteiger partial charge in [0.05, 0.1) is 12.2 Å². The zero-order valence-corrected chi connectivity index (χ0v) is 9.87. The molecule has 0 unspecified atom stereocenters. The van der Waals surface area contributed by atoms with E-state index in [4.69, 9.17) is 9.94 Å². The molecule has 0 bridgehead atoms. The highest BCUT2D eigenvalue weighted by Crippen LogP contribution is 2.10. The van der Waals surface area contributed by atoms with Crippen LogP contribution >= 0.6 is 0 Å². The predicted molar refractivity (Wildman–Crippen MR) is 61.0 cm³/mol. The van der Waals surface area contributed by atoms with Crippen molar-refractivity contribution >= 4 is 5.97 Å². The number of carboxylic acids is 1. The number of carboxylic acid groups (broad SMARTS) is 1. The number of rotatable bonds is 6. The Morgan fingerprint density at radius 1 is 1.53 bits per heavy atom. The number of benzene rings is 1. The summed E-state index contributed by atoms with van der Waals surface area (Å²) in [6.45, 7) is 4.94. The number of hydroxylamine groups is 1. The Morgan fingerprint density at radius 2 is 2.24 bits per heavy atom. The molecule has 5 heteroatoms. The van der Waals surface area contributed by atoms with E-state index in [1.807, 2.05) is 13.8 Å². The number of nitrogens with one attached hydrogen (secondary N) is 1. The average Bonchev–Trinajstić information content (AvgIpc) is 2.23. The monoisotopic (exact) mass is 241 g/mol. The normalized spacial score (nSPS) is 10.8. The topological polar surface area (TPSA) is 58.6 Å². The summed E-state index contributed by atoms with van der Waals surface area (Å²) in [6, 6.07) is 3.99. The number of hydrogen-bond donors (Lipinski definition) is 2. The first-order valence-corrected chi connectivity index (χ1v) is 5.37. The first-order valence-electron chi connectivity index (χ1n) is 5.37. The van der Waals surface area contributed by atoms with Crippen LogP contribution in [0.5, 0.6) is 0 Å². The van der Waals surface area contributed by atoms with Gasteiger partial charge in [-0.15, -0.1) is 0 Å². The van der Waals surface area contributed by atoms with Gasteiger partial charge >= 0.3 is 5.97 Å². The van der Waals surface area contributed by atoms with Gasteiger partial charge in [0.15, 0.2) is 0 Å². The van der Waals surface area contributed by atoms with Crippen LogP contribution in [0.3, 0.4) is 0 Å². The third-order valence-electron chi connectivity index (χ3n) is 2.06. The number of aromatic carboxylic acids is 1. The summed E-state index contributed by atoms with van der Waals surface area (Å²) in [5, 5.41) is 8.65. The smallest absolute Gasteiger partial charge is 0.338 e. The van der Waals surface area contributed by atoms with Crippen molar-refractivity contribution in [3.8, 4) is 0 Å². The second-order valence-corrected chi connectivity index (χ2v) is 4.15. The summed E-state index contributed by atoms with van der Waals surface area (Å²) in [7, 11) is 0. The first-order chi connectivity index (χ1) is 8.00. The standard InChI is InChI=1S/C12H16FNO3/c1-8(2)7-17-14-6-9-3-4-10(12(15)16)11(13)5-9/h3-5,8,14H,6-7H2,1-2H3,(H,15,16). The summed E-state index contributed by atoms with van der Waals surface area (Å²) in [6.07, 6.45) is 0. The average molecular weight is 241 g/mol. The van der Waals surface area contributed by atoms with Crippen LogP contribution in [0.15, 0.2) is 18.2 Å². The van der Waals surface area contributed by atoms with E-state index in [1.165, 1.54) is 12.1 Å². The molecule has 0 amide bonds. The van der Waals surface area contributed by atoms with Crippen molar-refractivity contribution in [2.24, 2.45) is 5.92 Å². The molecule has 0 saturated carbocycles. The van der Waals surface area contributed by atoms with Crippen molar-refractivity contribution in [1.29, 1.82) is 0 Å². The van der Waals surface area contributed by atoms with Gasteiger partial charge in [0.1, 0.15) is 5.82 Å². The minimum Gasteiger partial charge on any atom is -0.478 e. The molecule has 0 atom stereocenters. The van der Waals surface area contributed by atoms with Gasteiger partial charge in [-0.3, -0.25) is 0 Å². The van der Waals surface area contributed by atoms with Gasteiger partial charge in [0, 0.05) is 6.54 Å². The fourth-order valence-corrected chi connectivity index (χ4v) is 1.20. The van der Waals surface area contributed by atoms with E-state index in [2.05, 4.69) is 5.48 Å². The molecule has 1 aromatic carbocycles. The van der Waals surface area contributed by atoms with E-state index in [-0.39, 0.29) is 5.56 Å². The Kier molecular flexibility index (Phi) is 5.06. The molecule has 1 aromatic rings. The highest BCUT2D eigenvalue weighted by atomic mass is 19.1. The third kappa shape index (κ3) is 4.50. The van der Waals surface area contributed by atoms with E-state index in [9.17, 15) is 9.18 Å². The van der Waals surface area contributed by atoms with Crippen molar-refractivity contribution in [2.75, 3.05) is 6.61 Å². The van der Waals surface area contributed by atoms with Crippen molar-refractivity contribution < 1.29 is 19.1 Å². The van der Waals surface area contributed by atoms with Crippen molar-refractivity contribution in [3.63, 3.8) is 0 Å². The van der Waals surface area contributed by atoms with E-state index in [1.54, 1.807) is 6.07 Å². The molecule has 0 spiro atoms. The minimum absolute atomic E-state index is 0.322. The molecule has 0 aliphatic carbocycles. The zero-order chi connectivity index (χ0) is 12.8. The molecule has 0 heterocycles. The zero-order valence-electron chi connectivity index (χ0n) is 9.87. The van der Waals surface area contributed by atoms with Crippen LogP contribution in [0, 0.1) is 11.7 Å².